The minimum Gasteiger partial charge on any atom is -0.497 e. The Labute approximate surface area is 176 Å². The normalized spacial score (nSPS) is 11.5. The van der Waals surface area contributed by atoms with Crippen molar-refractivity contribution in [1.82, 2.24) is 25.0 Å². The van der Waals surface area contributed by atoms with Crippen molar-refractivity contribution in [3.63, 3.8) is 0 Å². The smallest absolute Gasteiger partial charge is 0.194 e. The van der Waals surface area contributed by atoms with Gasteiger partial charge < -0.3 is 19.5 Å². The van der Waals surface area contributed by atoms with Crippen LogP contribution in [0.2, 0.25) is 0 Å². The Morgan fingerprint density at radius 1 is 1.24 bits per heavy atom. The minimum absolute atomic E-state index is 0.604. The van der Waals surface area contributed by atoms with Crippen molar-refractivity contribution in [1.29, 1.82) is 0 Å². The van der Waals surface area contributed by atoms with E-state index in [0.29, 0.717) is 6.54 Å². The molecule has 0 unspecified atom stereocenters. The summed E-state index contributed by atoms with van der Waals surface area (Å²) in [6.45, 7) is 5.05. The largest absolute Gasteiger partial charge is 0.497 e. The number of hydrogen-bond donors (Lipinski definition) is 1. The molecule has 0 fully saturated rings. The molecule has 0 saturated carbocycles. The Balaban J connectivity index is 1.65. The second-order valence-corrected chi connectivity index (χ2v) is 7.48. The van der Waals surface area contributed by atoms with Gasteiger partial charge in [0.1, 0.15) is 17.9 Å². The van der Waals surface area contributed by atoms with Gasteiger partial charge in [-0.2, -0.15) is 11.3 Å². The molecule has 0 spiro atoms. The zero-order valence-electron chi connectivity index (χ0n) is 17.2. The van der Waals surface area contributed by atoms with E-state index in [9.17, 15) is 0 Å². The van der Waals surface area contributed by atoms with Gasteiger partial charge in [-0.25, -0.2) is 4.99 Å². The fourth-order valence-corrected chi connectivity index (χ4v) is 3.63. The highest BCUT2D eigenvalue weighted by Crippen LogP contribution is 2.13. The van der Waals surface area contributed by atoms with Crippen LogP contribution in [0.3, 0.4) is 0 Å². The Morgan fingerprint density at radius 3 is 2.76 bits per heavy atom. The first-order valence-electron chi connectivity index (χ1n) is 9.69. The number of rotatable bonds is 9. The molecule has 1 aromatic carbocycles. The molecular weight excluding hydrogens is 384 g/mol. The van der Waals surface area contributed by atoms with Crippen LogP contribution in [-0.4, -0.2) is 46.3 Å². The summed E-state index contributed by atoms with van der Waals surface area (Å²) in [6, 6.07) is 10.2. The maximum Gasteiger partial charge on any atom is 0.194 e. The monoisotopic (exact) mass is 412 g/mol. The Kier molecular flexibility index (Phi) is 7.63. The molecule has 3 rings (SSSR count). The summed E-state index contributed by atoms with van der Waals surface area (Å²) in [7, 11) is 3.74. The van der Waals surface area contributed by atoms with Gasteiger partial charge in [0.25, 0.3) is 0 Å². The molecule has 2 heterocycles. The lowest BCUT2D eigenvalue weighted by molar-refractivity contribution is 0.414. The van der Waals surface area contributed by atoms with Gasteiger partial charge in [-0.1, -0.05) is 19.1 Å². The zero-order chi connectivity index (χ0) is 20.5. The number of hydrogen-bond acceptors (Lipinski definition) is 5. The van der Waals surface area contributed by atoms with E-state index < -0.39 is 0 Å². The third-order valence-electron chi connectivity index (χ3n) is 4.58. The van der Waals surface area contributed by atoms with E-state index in [4.69, 9.17) is 9.73 Å². The Hall–Kier alpha value is -2.87. The number of aliphatic imine (C=N–C) groups is 1. The molecule has 7 nitrogen and oxygen atoms in total. The topological polar surface area (TPSA) is 67.6 Å². The summed E-state index contributed by atoms with van der Waals surface area (Å²) in [5, 5.41) is 15.9. The van der Waals surface area contributed by atoms with Gasteiger partial charge in [0.2, 0.25) is 0 Å². The number of thiophene rings is 1. The Bertz CT molecular complexity index is 888. The highest BCUT2D eigenvalue weighted by molar-refractivity contribution is 7.07. The third-order valence-corrected chi connectivity index (χ3v) is 5.31. The van der Waals surface area contributed by atoms with Gasteiger partial charge in [0, 0.05) is 33.1 Å². The first-order valence-corrected chi connectivity index (χ1v) is 10.6. The lowest BCUT2D eigenvalue weighted by Gasteiger charge is -2.22. The second-order valence-electron chi connectivity index (χ2n) is 6.70. The minimum atomic E-state index is 0.604. The molecule has 0 saturated heterocycles. The summed E-state index contributed by atoms with van der Waals surface area (Å²) in [5.74, 6) is 2.72. The number of methoxy groups -OCH3 is 1. The molecule has 0 aliphatic heterocycles. The first-order chi connectivity index (χ1) is 14.2. The molecule has 1 N–H and O–H groups in total. The highest BCUT2D eigenvalue weighted by Gasteiger charge is 2.09. The van der Waals surface area contributed by atoms with E-state index in [2.05, 4.69) is 55.8 Å². The molecule has 0 aliphatic carbocycles. The lowest BCUT2D eigenvalue weighted by atomic mass is 10.2. The fraction of sp³-hybridized carbons (Fsp3) is 0.381. The molecule has 2 aromatic heterocycles. The van der Waals surface area contributed by atoms with Crippen LogP contribution in [-0.2, 0) is 26.1 Å². The van der Waals surface area contributed by atoms with E-state index in [0.717, 1.165) is 49.2 Å². The molecule has 0 atom stereocenters. The van der Waals surface area contributed by atoms with E-state index in [1.807, 2.05) is 24.3 Å². The maximum absolute atomic E-state index is 5.23. The van der Waals surface area contributed by atoms with Crippen LogP contribution in [0.25, 0.3) is 0 Å². The quantitative estimate of drug-likeness (QED) is 0.432. The van der Waals surface area contributed by atoms with Crippen LogP contribution >= 0.6 is 11.3 Å². The summed E-state index contributed by atoms with van der Waals surface area (Å²) >= 11 is 1.71. The molecule has 0 aliphatic rings. The van der Waals surface area contributed by atoms with Gasteiger partial charge in [-0.3, -0.25) is 0 Å². The summed E-state index contributed by atoms with van der Waals surface area (Å²) in [6.07, 6.45) is 2.65. The van der Waals surface area contributed by atoms with Crippen molar-refractivity contribution in [2.45, 2.75) is 33.0 Å². The van der Waals surface area contributed by atoms with Crippen LogP contribution in [0.5, 0.6) is 5.75 Å². The van der Waals surface area contributed by atoms with Crippen LogP contribution in [0.15, 0.2) is 52.4 Å². The molecular formula is C21H28N6OS. The number of guanidine groups is 1. The lowest BCUT2D eigenvalue weighted by Crippen LogP contribution is -2.40. The first kappa shape index (κ1) is 20.9. The van der Waals surface area contributed by atoms with Crippen molar-refractivity contribution in [2.75, 3.05) is 20.7 Å². The van der Waals surface area contributed by atoms with Gasteiger partial charge >= 0.3 is 0 Å². The zero-order valence-corrected chi connectivity index (χ0v) is 18.0. The molecule has 0 bridgehead atoms. The molecule has 8 heteroatoms. The molecule has 0 radical (unpaired) electrons. The van der Waals surface area contributed by atoms with Crippen molar-refractivity contribution in [3.05, 3.63) is 64.4 Å². The number of nitrogens with one attached hydrogen (secondary N) is 1. The third kappa shape index (κ3) is 6.05. The van der Waals surface area contributed by atoms with Crippen LogP contribution in [0.4, 0.5) is 0 Å². The van der Waals surface area contributed by atoms with E-state index in [1.165, 1.54) is 5.56 Å². The molecule has 29 heavy (non-hydrogen) atoms. The highest BCUT2D eigenvalue weighted by atomic mass is 32.1. The average Bonchev–Trinajstić information content (AvgIpc) is 3.42. The molecule has 154 valence electrons. The maximum atomic E-state index is 5.23. The average molecular weight is 413 g/mol. The molecule has 3 aromatic rings. The van der Waals surface area contributed by atoms with E-state index >= 15 is 0 Å². The van der Waals surface area contributed by atoms with Crippen molar-refractivity contribution in [3.8, 4) is 5.75 Å². The predicted octanol–water partition coefficient (Wildman–Crippen LogP) is 3.19. The van der Waals surface area contributed by atoms with Gasteiger partial charge in [-0.05, 0) is 40.1 Å². The standard InChI is InChI=1S/C21H28N6OS/c1-4-20-25-24-16-27(20)11-10-22-21(26(2)14-18-9-12-29-15-18)23-13-17-5-7-19(28-3)8-6-17/h5-9,12,15-16H,4,10-11,13-14H2,1-3H3,(H,22,23). The van der Waals surface area contributed by atoms with Crippen LogP contribution < -0.4 is 10.1 Å². The summed E-state index contributed by atoms with van der Waals surface area (Å²) in [5.41, 5.74) is 2.42. The second kappa shape index (κ2) is 10.6. The van der Waals surface area contributed by atoms with Gasteiger partial charge in [-0.15, -0.1) is 10.2 Å². The number of benzene rings is 1. The number of aromatic nitrogens is 3. The van der Waals surface area contributed by atoms with Crippen molar-refractivity contribution < 1.29 is 4.74 Å². The van der Waals surface area contributed by atoms with Gasteiger partial charge in [0.05, 0.1) is 13.7 Å². The number of nitrogens with zero attached hydrogens (tertiary/aromatic N) is 5. The number of aryl methyl sites for hydroxylation is 1. The van der Waals surface area contributed by atoms with Crippen molar-refractivity contribution >= 4 is 17.3 Å². The van der Waals surface area contributed by atoms with Crippen molar-refractivity contribution in [2.24, 2.45) is 4.99 Å². The van der Waals surface area contributed by atoms with Crippen LogP contribution in [0.1, 0.15) is 23.9 Å². The predicted molar refractivity (Wildman–Crippen MR) is 117 cm³/mol. The SMILES string of the molecule is CCc1nncn1CCNC(=NCc1ccc(OC)cc1)N(C)Cc1ccsc1. The number of ether oxygens (including phenoxy) is 1. The van der Waals surface area contributed by atoms with E-state index in [-0.39, 0.29) is 0 Å². The van der Waals surface area contributed by atoms with Gasteiger partial charge in [0.15, 0.2) is 5.96 Å². The Morgan fingerprint density at radius 2 is 2.07 bits per heavy atom. The summed E-state index contributed by atoms with van der Waals surface area (Å²) < 4.78 is 7.31. The van der Waals surface area contributed by atoms with Crippen LogP contribution in [0, 0.1) is 0 Å². The van der Waals surface area contributed by atoms with E-state index in [1.54, 1.807) is 24.8 Å². The summed E-state index contributed by atoms with van der Waals surface area (Å²) in [4.78, 5) is 7.00. The fourth-order valence-electron chi connectivity index (χ4n) is 2.97. The molecule has 0 amide bonds.